The van der Waals surface area contributed by atoms with Crippen LogP contribution < -0.4 is 14.8 Å². The standard InChI is InChI=1S/C31H32N2O4/c1-20(2)37-30-16-14-22(13-15-23-9-5-8-12-29(23)36-4)17-26(30)31(35)33-28(21(3)34)18-24-19-32-27-11-7-6-10-25(24)27/h5-12,14,16-17,19-21,28,32,34H,18H2,1-4H3,(H,33,35). The first kappa shape index (κ1) is 25.9. The van der Waals surface area contributed by atoms with Crippen molar-refractivity contribution >= 4 is 16.8 Å². The summed E-state index contributed by atoms with van der Waals surface area (Å²) in [5, 5.41) is 14.6. The number of carbonyl (C=O) groups is 1. The van der Waals surface area contributed by atoms with Gasteiger partial charge in [-0.1, -0.05) is 42.2 Å². The predicted molar refractivity (Wildman–Crippen MR) is 146 cm³/mol. The van der Waals surface area contributed by atoms with Crippen molar-refractivity contribution in [2.45, 2.75) is 45.4 Å². The number of aromatic amines is 1. The minimum absolute atomic E-state index is 0.115. The Morgan fingerprint density at radius 2 is 1.76 bits per heavy atom. The summed E-state index contributed by atoms with van der Waals surface area (Å²) in [6, 6.07) is 20.3. The first-order valence-corrected chi connectivity index (χ1v) is 12.4. The Balaban J connectivity index is 1.62. The van der Waals surface area contributed by atoms with Gasteiger partial charge in [-0.25, -0.2) is 0 Å². The van der Waals surface area contributed by atoms with Crippen molar-refractivity contribution < 1.29 is 19.4 Å². The lowest BCUT2D eigenvalue weighted by Crippen LogP contribution is -2.43. The van der Waals surface area contributed by atoms with Crippen molar-refractivity contribution in [2.75, 3.05) is 7.11 Å². The number of hydrogen-bond acceptors (Lipinski definition) is 4. The maximum atomic E-state index is 13.5. The zero-order valence-corrected chi connectivity index (χ0v) is 21.5. The van der Waals surface area contributed by atoms with Gasteiger partial charge in [0.1, 0.15) is 11.5 Å². The fourth-order valence-electron chi connectivity index (χ4n) is 4.16. The first-order chi connectivity index (χ1) is 17.9. The minimum atomic E-state index is -0.763. The highest BCUT2D eigenvalue weighted by Crippen LogP contribution is 2.24. The number of fused-ring (bicyclic) bond motifs is 1. The van der Waals surface area contributed by atoms with E-state index in [1.807, 2.05) is 74.6 Å². The molecule has 37 heavy (non-hydrogen) atoms. The number of benzene rings is 3. The van der Waals surface area contributed by atoms with Gasteiger partial charge in [-0.15, -0.1) is 0 Å². The Kier molecular flexibility index (Phi) is 8.17. The number of hydrogen-bond donors (Lipinski definition) is 3. The molecule has 1 amide bonds. The summed E-state index contributed by atoms with van der Waals surface area (Å²) in [5.41, 5.74) is 3.83. The second-order valence-electron chi connectivity index (χ2n) is 9.21. The molecule has 0 aliphatic carbocycles. The van der Waals surface area contributed by atoms with E-state index in [0.717, 1.165) is 22.0 Å². The van der Waals surface area contributed by atoms with E-state index in [0.29, 0.717) is 29.0 Å². The number of aliphatic hydroxyl groups excluding tert-OH is 1. The van der Waals surface area contributed by atoms with Crippen LogP contribution >= 0.6 is 0 Å². The molecular formula is C31H32N2O4. The largest absolute Gasteiger partial charge is 0.495 e. The van der Waals surface area contributed by atoms with Crippen molar-refractivity contribution in [1.82, 2.24) is 10.3 Å². The molecule has 3 aromatic carbocycles. The summed E-state index contributed by atoms with van der Waals surface area (Å²) in [6.45, 7) is 5.50. The van der Waals surface area contributed by atoms with Crippen LogP contribution in [0.25, 0.3) is 10.9 Å². The fraction of sp³-hybridized carbons (Fsp3) is 0.258. The van der Waals surface area contributed by atoms with Gasteiger partial charge in [0.25, 0.3) is 5.91 Å². The Morgan fingerprint density at radius 1 is 1.00 bits per heavy atom. The van der Waals surface area contributed by atoms with Crippen LogP contribution in [-0.2, 0) is 6.42 Å². The Morgan fingerprint density at radius 3 is 2.51 bits per heavy atom. The lowest BCUT2D eigenvalue weighted by molar-refractivity contribution is 0.0853. The van der Waals surface area contributed by atoms with Gasteiger partial charge in [0, 0.05) is 22.7 Å². The summed E-state index contributed by atoms with van der Waals surface area (Å²) < 4.78 is 11.3. The molecule has 2 unspecified atom stereocenters. The number of ether oxygens (including phenoxy) is 2. The van der Waals surface area contributed by atoms with E-state index in [-0.39, 0.29) is 12.0 Å². The number of aliphatic hydroxyl groups is 1. The molecule has 0 bridgehead atoms. The van der Waals surface area contributed by atoms with Gasteiger partial charge < -0.3 is 24.9 Å². The normalized spacial score (nSPS) is 12.5. The van der Waals surface area contributed by atoms with Crippen LogP contribution in [0.15, 0.2) is 72.9 Å². The highest BCUT2D eigenvalue weighted by molar-refractivity contribution is 5.97. The number of methoxy groups -OCH3 is 1. The van der Waals surface area contributed by atoms with E-state index in [2.05, 4.69) is 22.1 Å². The molecule has 6 nitrogen and oxygen atoms in total. The molecule has 1 heterocycles. The van der Waals surface area contributed by atoms with Gasteiger partial charge in [-0.2, -0.15) is 0 Å². The maximum absolute atomic E-state index is 13.5. The van der Waals surface area contributed by atoms with Crippen LogP contribution in [0.3, 0.4) is 0 Å². The fourth-order valence-corrected chi connectivity index (χ4v) is 4.16. The molecular weight excluding hydrogens is 464 g/mol. The molecule has 0 fully saturated rings. The summed E-state index contributed by atoms with van der Waals surface area (Å²) in [5.74, 6) is 7.06. The van der Waals surface area contributed by atoms with E-state index in [1.54, 1.807) is 26.2 Å². The summed E-state index contributed by atoms with van der Waals surface area (Å²) in [6.07, 6.45) is 1.52. The Bertz CT molecular complexity index is 1440. The topological polar surface area (TPSA) is 83.6 Å². The summed E-state index contributed by atoms with van der Waals surface area (Å²) in [4.78, 5) is 16.8. The molecule has 0 saturated heterocycles. The van der Waals surface area contributed by atoms with Crippen molar-refractivity contribution in [1.29, 1.82) is 0 Å². The second kappa shape index (κ2) is 11.7. The van der Waals surface area contributed by atoms with E-state index >= 15 is 0 Å². The zero-order valence-electron chi connectivity index (χ0n) is 21.5. The average Bonchev–Trinajstić information content (AvgIpc) is 3.30. The van der Waals surface area contributed by atoms with Gasteiger partial charge in [0.2, 0.25) is 0 Å². The lowest BCUT2D eigenvalue weighted by atomic mass is 10.0. The molecule has 0 saturated carbocycles. The van der Waals surface area contributed by atoms with E-state index < -0.39 is 12.1 Å². The third-order valence-corrected chi connectivity index (χ3v) is 6.05. The maximum Gasteiger partial charge on any atom is 0.255 e. The van der Waals surface area contributed by atoms with Crippen molar-refractivity contribution in [3.63, 3.8) is 0 Å². The van der Waals surface area contributed by atoms with Gasteiger partial charge in [-0.05, 0) is 69.2 Å². The lowest BCUT2D eigenvalue weighted by Gasteiger charge is -2.22. The molecule has 0 spiro atoms. The number of nitrogens with one attached hydrogen (secondary N) is 2. The van der Waals surface area contributed by atoms with Crippen LogP contribution in [0.1, 0.15) is 47.8 Å². The predicted octanol–water partition coefficient (Wildman–Crippen LogP) is 5.09. The van der Waals surface area contributed by atoms with Crippen molar-refractivity contribution in [2.24, 2.45) is 0 Å². The monoisotopic (exact) mass is 496 g/mol. The molecule has 6 heteroatoms. The van der Waals surface area contributed by atoms with Gasteiger partial charge in [-0.3, -0.25) is 4.79 Å². The molecule has 4 rings (SSSR count). The van der Waals surface area contributed by atoms with Crippen molar-refractivity contribution in [3.8, 4) is 23.3 Å². The summed E-state index contributed by atoms with van der Waals surface area (Å²) in [7, 11) is 1.61. The minimum Gasteiger partial charge on any atom is -0.495 e. The quantitative estimate of drug-likeness (QED) is 0.297. The smallest absolute Gasteiger partial charge is 0.255 e. The van der Waals surface area contributed by atoms with Gasteiger partial charge in [0.15, 0.2) is 0 Å². The van der Waals surface area contributed by atoms with Gasteiger partial charge >= 0.3 is 0 Å². The number of rotatable bonds is 8. The number of H-pyrrole nitrogens is 1. The molecule has 1 aromatic heterocycles. The zero-order chi connectivity index (χ0) is 26.4. The molecule has 4 aromatic rings. The number of aromatic nitrogens is 1. The van der Waals surface area contributed by atoms with E-state index in [1.165, 1.54) is 0 Å². The van der Waals surface area contributed by atoms with Crippen LogP contribution in [0.5, 0.6) is 11.5 Å². The molecule has 0 radical (unpaired) electrons. The third-order valence-electron chi connectivity index (χ3n) is 6.05. The molecule has 0 aliphatic heterocycles. The number of amides is 1. The SMILES string of the molecule is COc1ccccc1C#Cc1ccc(OC(C)C)c(C(=O)NC(Cc2c[nH]c3ccccc23)C(C)O)c1. The van der Waals surface area contributed by atoms with Crippen LogP contribution in [0, 0.1) is 11.8 Å². The molecule has 0 aliphatic rings. The van der Waals surface area contributed by atoms with Crippen LogP contribution in [0.4, 0.5) is 0 Å². The average molecular weight is 497 g/mol. The Hall–Kier alpha value is -4.21. The van der Waals surface area contributed by atoms with E-state index in [9.17, 15) is 9.90 Å². The van der Waals surface area contributed by atoms with Gasteiger partial charge in [0.05, 0.1) is 36.5 Å². The summed E-state index contributed by atoms with van der Waals surface area (Å²) >= 11 is 0. The molecule has 2 atom stereocenters. The van der Waals surface area contributed by atoms with Crippen molar-refractivity contribution in [3.05, 3.63) is 95.2 Å². The molecule has 3 N–H and O–H groups in total. The molecule has 190 valence electrons. The first-order valence-electron chi connectivity index (χ1n) is 12.4. The third kappa shape index (κ3) is 6.32. The highest BCUT2D eigenvalue weighted by atomic mass is 16.5. The number of para-hydroxylation sites is 2. The second-order valence-corrected chi connectivity index (χ2v) is 9.21. The van der Waals surface area contributed by atoms with Crippen LogP contribution in [-0.4, -0.2) is 41.4 Å². The van der Waals surface area contributed by atoms with E-state index in [4.69, 9.17) is 9.47 Å². The number of carbonyl (C=O) groups excluding carboxylic acids is 1. The Labute approximate surface area is 217 Å². The highest BCUT2D eigenvalue weighted by Gasteiger charge is 2.23. The van der Waals surface area contributed by atoms with Crippen LogP contribution in [0.2, 0.25) is 0 Å².